The van der Waals surface area contributed by atoms with Crippen molar-refractivity contribution in [3.05, 3.63) is 18.0 Å². The zero-order valence-electron chi connectivity index (χ0n) is 12.5. The van der Waals surface area contributed by atoms with Crippen molar-refractivity contribution >= 4 is 16.0 Å². The van der Waals surface area contributed by atoms with Gasteiger partial charge in [0.1, 0.15) is 10.6 Å². The van der Waals surface area contributed by atoms with E-state index in [1.54, 1.807) is 4.57 Å². The predicted molar refractivity (Wildman–Crippen MR) is 78.9 cm³/mol. The normalized spacial score (nSPS) is 18.4. The first kappa shape index (κ1) is 16.0. The second-order valence-electron chi connectivity index (χ2n) is 5.80. The zero-order chi connectivity index (χ0) is 15.8. The number of nitrogens with zero attached hydrogens (tertiary/aromatic N) is 1. The zero-order valence-corrected chi connectivity index (χ0v) is 13.4. The molecule has 0 bridgehead atoms. The Hall–Kier alpha value is -1.34. The monoisotopic (exact) mass is 314 g/mol. The van der Waals surface area contributed by atoms with Gasteiger partial charge >= 0.3 is 5.97 Å². The first-order valence-corrected chi connectivity index (χ1v) is 8.72. The van der Waals surface area contributed by atoms with Crippen molar-refractivity contribution in [1.29, 1.82) is 0 Å². The molecule has 2 unspecified atom stereocenters. The molecule has 2 atom stereocenters. The van der Waals surface area contributed by atoms with Crippen LogP contribution < -0.4 is 4.72 Å². The van der Waals surface area contributed by atoms with Crippen molar-refractivity contribution in [2.75, 3.05) is 0 Å². The lowest BCUT2D eigenvalue weighted by Crippen LogP contribution is -2.36. The maximum absolute atomic E-state index is 12.4. The molecule has 6 nitrogen and oxygen atoms in total. The van der Waals surface area contributed by atoms with Gasteiger partial charge in [-0.2, -0.15) is 0 Å². The minimum atomic E-state index is -3.69. The smallest absolute Gasteiger partial charge is 0.352 e. The van der Waals surface area contributed by atoms with Crippen LogP contribution in [0.3, 0.4) is 0 Å². The SMILES string of the molecule is CCC(C)C(C)NS(=O)(=O)c1cc(C(=O)O)n(C2CC2)c1. The van der Waals surface area contributed by atoms with Gasteiger partial charge in [0, 0.05) is 18.3 Å². The maximum Gasteiger partial charge on any atom is 0.352 e. The fourth-order valence-corrected chi connectivity index (χ4v) is 3.59. The van der Waals surface area contributed by atoms with Gasteiger partial charge in [-0.15, -0.1) is 0 Å². The van der Waals surface area contributed by atoms with Crippen molar-refractivity contribution < 1.29 is 18.3 Å². The molecular formula is C14H22N2O4S. The van der Waals surface area contributed by atoms with Crippen LogP contribution >= 0.6 is 0 Å². The van der Waals surface area contributed by atoms with E-state index in [-0.39, 0.29) is 28.6 Å². The molecule has 0 aromatic carbocycles. The Bertz CT molecular complexity index is 631. The Morgan fingerprint density at radius 1 is 1.48 bits per heavy atom. The van der Waals surface area contributed by atoms with Gasteiger partial charge in [0.15, 0.2) is 0 Å². The number of hydrogen-bond acceptors (Lipinski definition) is 3. The number of nitrogens with one attached hydrogen (secondary N) is 1. The number of carboxylic acids is 1. The summed E-state index contributed by atoms with van der Waals surface area (Å²) in [5.74, 6) is -0.887. The average molecular weight is 314 g/mol. The summed E-state index contributed by atoms with van der Waals surface area (Å²) < 4.78 is 28.9. The molecule has 1 aliphatic rings. The summed E-state index contributed by atoms with van der Waals surface area (Å²) in [5.41, 5.74) is 0.0362. The van der Waals surface area contributed by atoms with Crippen LogP contribution in [0.15, 0.2) is 17.2 Å². The van der Waals surface area contributed by atoms with Gasteiger partial charge in [0.25, 0.3) is 0 Å². The molecule has 118 valence electrons. The lowest BCUT2D eigenvalue weighted by atomic mass is 10.0. The van der Waals surface area contributed by atoms with Crippen LogP contribution in [-0.4, -0.2) is 30.1 Å². The Morgan fingerprint density at radius 3 is 2.57 bits per heavy atom. The van der Waals surface area contributed by atoms with Crippen molar-refractivity contribution in [3.63, 3.8) is 0 Å². The molecule has 0 aliphatic heterocycles. The molecule has 21 heavy (non-hydrogen) atoms. The largest absolute Gasteiger partial charge is 0.477 e. The molecule has 0 amide bonds. The van der Waals surface area contributed by atoms with Crippen molar-refractivity contribution in [3.8, 4) is 0 Å². The number of aromatic carboxylic acids is 1. The van der Waals surface area contributed by atoms with E-state index in [1.165, 1.54) is 12.3 Å². The lowest BCUT2D eigenvalue weighted by Gasteiger charge is -2.19. The number of sulfonamides is 1. The number of aromatic nitrogens is 1. The van der Waals surface area contributed by atoms with E-state index in [0.29, 0.717) is 0 Å². The molecule has 2 N–H and O–H groups in total. The summed E-state index contributed by atoms with van der Waals surface area (Å²) >= 11 is 0. The molecule has 1 aromatic heterocycles. The predicted octanol–water partition coefficient (Wildman–Crippen LogP) is 2.23. The summed E-state index contributed by atoms with van der Waals surface area (Å²) in [6.45, 7) is 5.80. The second kappa shape index (κ2) is 5.81. The quantitative estimate of drug-likeness (QED) is 0.808. The van der Waals surface area contributed by atoms with Gasteiger partial charge in [-0.3, -0.25) is 0 Å². The molecule has 1 saturated carbocycles. The average Bonchev–Trinajstić information content (AvgIpc) is 3.14. The molecule has 1 heterocycles. The van der Waals surface area contributed by atoms with Crippen molar-refractivity contribution in [2.45, 2.75) is 57.0 Å². The number of rotatable bonds is 7. The van der Waals surface area contributed by atoms with Crippen molar-refractivity contribution in [1.82, 2.24) is 9.29 Å². The molecule has 2 rings (SSSR count). The lowest BCUT2D eigenvalue weighted by molar-refractivity contribution is 0.0685. The van der Waals surface area contributed by atoms with Gasteiger partial charge < -0.3 is 9.67 Å². The van der Waals surface area contributed by atoms with E-state index in [1.807, 2.05) is 20.8 Å². The van der Waals surface area contributed by atoms with E-state index >= 15 is 0 Å². The van der Waals surface area contributed by atoms with E-state index in [2.05, 4.69) is 4.72 Å². The maximum atomic E-state index is 12.4. The third-order valence-electron chi connectivity index (χ3n) is 4.13. The molecular weight excluding hydrogens is 292 g/mol. The second-order valence-corrected chi connectivity index (χ2v) is 7.51. The van der Waals surface area contributed by atoms with Crippen LogP contribution in [0.4, 0.5) is 0 Å². The topological polar surface area (TPSA) is 88.4 Å². The highest BCUT2D eigenvalue weighted by Gasteiger charge is 2.31. The van der Waals surface area contributed by atoms with Gasteiger partial charge in [-0.1, -0.05) is 20.3 Å². The van der Waals surface area contributed by atoms with E-state index in [0.717, 1.165) is 19.3 Å². The summed E-state index contributed by atoms with van der Waals surface area (Å²) in [4.78, 5) is 11.3. The van der Waals surface area contributed by atoms with Crippen molar-refractivity contribution in [2.24, 2.45) is 5.92 Å². The minimum Gasteiger partial charge on any atom is -0.477 e. The minimum absolute atomic E-state index is 0.0296. The fraction of sp³-hybridized carbons (Fsp3) is 0.643. The Balaban J connectivity index is 2.28. The molecule has 1 aromatic rings. The Kier molecular flexibility index (Phi) is 4.43. The first-order valence-electron chi connectivity index (χ1n) is 7.23. The molecule has 1 fully saturated rings. The van der Waals surface area contributed by atoms with Crippen LogP contribution in [0.1, 0.15) is 56.6 Å². The third kappa shape index (κ3) is 3.47. The summed E-state index contributed by atoms with van der Waals surface area (Å²) in [5, 5.41) is 9.19. The van der Waals surface area contributed by atoms with Crippen LogP contribution in [0, 0.1) is 5.92 Å². The summed E-state index contributed by atoms with van der Waals surface area (Å²) in [6.07, 6.45) is 4.09. The molecule has 0 radical (unpaired) electrons. The highest BCUT2D eigenvalue weighted by molar-refractivity contribution is 7.89. The van der Waals surface area contributed by atoms with Crippen LogP contribution in [-0.2, 0) is 10.0 Å². The summed E-state index contributed by atoms with van der Waals surface area (Å²) in [6, 6.07) is 1.16. The van der Waals surface area contributed by atoms with E-state index in [4.69, 9.17) is 0 Å². The Labute approximate surface area is 125 Å². The Morgan fingerprint density at radius 2 is 2.10 bits per heavy atom. The molecule has 0 saturated heterocycles. The number of carbonyl (C=O) groups is 1. The number of carboxylic acid groups (broad SMARTS) is 1. The fourth-order valence-electron chi connectivity index (χ4n) is 2.21. The van der Waals surface area contributed by atoms with Crippen LogP contribution in [0.5, 0.6) is 0 Å². The van der Waals surface area contributed by atoms with E-state index in [9.17, 15) is 18.3 Å². The molecule has 0 spiro atoms. The van der Waals surface area contributed by atoms with E-state index < -0.39 is 16.0 Å². The first-order chi connectivity index (χ1) is 9.76. The number of hydrogen-bond donors (Lipinski definition) is 2. The third-order valence-corrected chi connectivity index (χ3v) is 5.66. The van der Waals surface area contributed by atoms with Gasteiger partial charge in [-0.05, 0) is 31.7 Å². The molecule has 7 heteroatoms. The van der Waals surface area contributed by atoms with Crippen LogP contribution in [0.25, 0.3) is 0 Å². The molecule has 1 aliphatic carbocycles. The summed E-state index contributed by atoms with van der Waals surface area (Å²) in [7, 11) is -3.69. The van der Waals surface area contributed by atoms with Crippen LogP contribution in [0.2, 0.25) is 0 Å². The highest BCUT2D eigenvalue weighted by atomic mass is 32.2. The standard InChI is InChI=1S/C14H22N2O4S/c1-4-9(2)10(3)15-21(19,20)12-7-13(14(17)18)16(8-12)11-5-6-11/h7-11,15H,4-6H2,1-3H3,(H,17,18). The van der Waals surface area contributed by atoms with Gasteiger partial charge in [0.2, 0.25) is 10.0 Å². The highest BCUT2D eigenvalue weighted by Crippen LogP contribution is 2.37. The van der Waals surface area contributed by atoms with Gasteiger partial charge in [-0.25, -0.2) is 17.9 Å². The van der Waals surface area contributed by atoms with Gasteiger partial charge in [0.05, 0.1) is 0 Å².